The van der Waals surface area contributed by atoms with Crippen LogP contribution in [-0.4, -0.2) is 32.5 Å². The molecule has 0 unspecified atom stereocenters. The minimum Gasteiger partial charge on any atom is -0.508 e. The highest BCUT2D eigenvalue weighted by Gasteiger charge is 2.12. The summed E-state index contributed by atoms with van der Waals surface area (Å²) in [6.45, 7) is 0. The van der Waals surface area contributed by atoms with E-state index >= 15 is 0 Å². The van der Waals surface area contributed by atoms with Gasteiger partial charge in [-0.3, -0.25) is 14.2 Å². The molecule has 7 heteroatoms. The summed E-state index contributed by atoms with van der Waals surface area (Å²) in [7, 11) is 1.58. The van der Waals surface area contributed by atoms with E-state index in [9.17, 15) is 9.90 Å². The van der Waals surface area contributed by atoms with Crippen molar-refractivity contribution in [3.8, 4) is 22.8 Å². The molecular weight excluding hydrogens is 356 g/mol. The summed E-state index contributed by atoms with van der Waals surface area (Å²) in [6.07, 6.45) is 5.22. The summed E-state index contributed by atoms with van der Waals surface area (Å²) >= 11 is 0. The average Bonchev–Trinajstić information content (AvgIpc) is 3.11. The fourth-order valence-electron chi connectivity index (χ4n) is 2.97. The van der Waals surface area contributed by atoms with Crippen LogP contribution in [0, 0.1) is 0 Å². The maximum absolute atomic E-state index is 12.5. The third-order valence-corrected chi connectivity index (χ3v) is 4.37. The quantitative estimate of drug-likeness (QED) is 0.560. The number of amides is 1. The highest BCUT2D eigenvalue weighted by molar-refractivity contribution is 5.92. The first kappa shape index (κ1) is 17.5. The molecule has 0 aliphatic heterocycles. The Morgan fingerprint density at radius 2 is 1.89 bits per heavy atom. The Hall–Kier alpha value is -3.87. The van der Waals surface area contributed by atoms with Crippen molar-refractivity contribution in [2.24, 2.45) is 0 Å². The second kappa shape index (κ2) is 7.40. The number of aromatic hydroxyl groups is 1. The number of ether oxygens (including phenoxy) is 1. The number of fused-ring (bicyclic) bond motifs is 1. The molecule has 4 rings (SSSR count). The first-order valence-electron chi connectivity index (χ1n) is 8.68. The SMILES string of the molecule is COc1ccccc1CC(=O)Nc1cnc2cnc(-c3ccc(O)cc3)cn12. The van der Waals surface area contributed by atoms with Crippen LogP contribution in [0.4, 0.5) is 5.82 Å². The number of nitrogens with one attached hydrogen (secondary N) is 1. The highest BCUT2D eigenvalue weighted by atomic mass is 16.5. The normalized spacial score (nSPS) is 10.8. The number of anilines is 1. The number of carbonyl (C=O) groups excluding carboxylic acids is 1. The van der Waals surface area contributed by atoms with Crippen molar-refractivity contribution in [1.29, 1.82) is 0 Å². The Morgan fingerprint density at radius 1 is 1.11 bits per heavy atom. The van der Waals surface area contributed by atoms with E-state index < -0.39 is 0 Å². The van der Waals surface area contributed by atoms with E-state index in [2.05, 4.69) is 15.3 Å². The number of phenols is 1. The van der Waals surface area contributed by atoms with Crippen LogP contribution in [0.2, 0.25) is 0 Å². The zero-order valence-corrected chi connectivity index (χ0v) is 15.2. The molecule has 0 atom stereocenters. The lowest BCUT2D eigenvalue weighted by atomic mass is 10.1. The number of imidazole rings is 1. The van der Waals surface area contributed by atoms with Crippen molar-refractivity contribution in [1.82, 2.24) is 14.4 Å². The lowest BCUT2D eigenvalue weighted by molar-refractivity contribution is -0.115. The first-order chi connectivity index (χ1) is 13.6. The molecule has 0 aliphatic carbocycles. The number of methoxy groups -OCH3 is 1. The number of hydrogen-bond donors (Lipinski definition) is 2. The van der Waals surface area contributed by atoms with Gasteiger partial charge in [0.1, 0.15) is 17.3 Å². The van der Waals surface area contributed by atoms with Gasteiger partial charge in [0.2, 0.25) is 5.91 Å². The molecule has 0 bridgehead atoms. The van der Waals surface area contributed by atoms with Crippen LogP contribution >= 0.6 is 0 Å². The Balaban J connectivity index is 1.59. The fraction of sp³-hybridized carbons (Fsp3) is 0.0952. The van der Waals surface area contributed by atoms with Gasteiger partial charge in [-0.1, -0.05) is 18.2 Å². The van der Waals surface area contributed by atoms with Gasteiger partial charge >= 0.3 is 0 Å². The van der Waals surface area contributed by atoms with Crippen molar-refractivity contribution in [3.05, 3.63) is 72.7 Å². The molecule has 0 saturated carbocycles. The monoisotopic (exact) mass is 374 g/mol. The molecule has 2 N–H and O–H groups in total. The number of rotatable bonds is 5. The number of benzene rings is 2. The van der Waals surface area contributed by atoms with Crippen LogP contribution in [0.15, 0.2) is 67.1 Å². The lowest BCUT2D eigenvalue weighted by Gasteiger charge is -2.09. The number of carbonyl (C=O) groups is 1. The second-order valence-corrected chi connectivity index (χ2v) is 6.23. The summed E-state index contributed by atoms with van der Waals surface area (Å²) in [5, 5.41) is 12.3. The number of hydrogen-bond acceptors (Lipinski definition) is 5. The maximum atomic E-state index is 12.5. The molecule has 0 radical (unpaired) electrons. The van der Waals surface area contributed by atoms with Gasteiger partial charge in [-0.15, -0.1) is 0 Å². The van der Waals surface area contributed by atoms with Crippen LogP contribution in [0.3, 0.4) is 0 Å². The van der Waals surface area contributed by atoms with Crippen LogP contribution in [0.5, 0.6) is 11.5 Å². The third-order valence-electron chi connectivity index (χ3n) is 4.37. The Labute approximate surface area is 161 Å². The topological polar surface area (TPSA) is 88.8 Å². The smallest absolute Gasteiger partial charge is 0.230 e. The van der Waals surface area contributed by atoms with Crippen molar-refractivity contribution in [3.63, 3.8) is 0 Å². The second-order valence-electron chi connectivity index (χ2n) is 6.23. The summed E-state index contributed by atoms with van der Waals surface area (Å²) < 4.78 is 7.07. The van der Waals surface area contributed by atoms with E-state index in [0.29, 0.717) is 22.9 Å². The molecular formula is C21H18N4O3. The molecule has 0 fully saturated rings. The zero-order valence-electron chi connectivity index (χ0n) is 15.2. The van der Waals surface area contributed by atoms with Gasteiger partial charge in [0.15, 0.2) is 5.65 Å². The van der Waals surface area contributed by atoms with Crippen LogP contribution < -0.4 is 10.1 Å². The van der Waals surface area contributed by atoms with Crippen molar-refractivity contribution in [2.45, 2.75) is 6.42 Å². The zero-order chi connectivity index (χ0) is 19.5. The molecule has 0 saturated heterocycles. The maximum Gasteiger partial charge on any atom is 0.230 e. The predicted molar refractivity (Wildman–Crippen MR) is 105 cm³/mol. The van der Waals surface area contributed by atoms with Crippen molar-refractivity contribution in [2.75, 3.05) is 12.4 Å². The number of para-hydroxylation sites is 1. The Morgan fingerprint density at radius 3 is 2.68 bits per heavy atom. The summed E-state index contributed by atoms with van der Waals surface area (Å²) in [5.41, 5.74) is 2.98. The van der Waals surface area contributed by atoms with E-state index in [-0.39, 0.29) is 18.1 Å². The highest BCUT2D eigenvalue weighted by Crippen LogP contribution is 2.22. The summed E-state index contributed by atoms with van der Waals surface area (Å²) in [5.74, 6) is 1.25. The van der Waals surface area contributed by atoms with E-state index in [0.717, 1.165) is 11.1 Å². The van der Waals surface area contributed by atoms with Gasteiger partial charge < -0.3 is 15.2 Å². The molecule has 140 valence electrons. The average molecular weight is 374 g/mol. The lowest BCUT2D eigenvalue weighted by Crippen LogP contribution is -2.16. The molecule has 2 aromatic heterocycles. The van der Waals surface area contributed by atoms with E-state index in [1.54, 1.807) is 54.4 Å². The molecule has 7 nitrogen and oxygen atoms in total. The Bertz CT molecular complexity index is 1140. The van der Waals surface area contributed by atoms with Crippen LogP contribution in [0.25, 0.3) is 16.9 Å². The van der Waals surface area contributed by atoms with Gasteiger partial charge in [0.25, 0.3) is 0 Å². The summed E-state index contributed by atoms with van der Waals surface area (Å²) in [4.78, 5) is 21.2. The summed E-state index contributed by atoms with van der Waals surface area (Å²) in [6, 6.07) is 14.2. The number of aromatic nitrogens is 3. The minimum absolute atomic E-state index is 0.172. The molecule has 0 spiro atoms. The van der Waals surface area contributed by atoms with Gasteiger partial charge in [0, 0.05) is 17.3 Å². The predicted octanol–water partition coefficient (Wildman–Crippen LogP) is 3.29. The number of phenolic OH excluding ortho intramolecular Hbond substituents is 1. The molecule has 4 aromatic rings. The van der Waals surface area contributed by atoms with Gasteiger partial charge in [0.05, 0.1) is 31.6 Å². The Kier molecular flexibility index (Phi) is 4.63. The third kappa shape index (κ3) is 3.50. The molecule has 28 heavy (non-hydrogen) atoms. The standard InChI is InChI=1S/C21H18N4O3/c1-28-18-5-3-2-4-15(18)10-21(27)24-20-12-23-19-11-22-17(13-25(19)20)14-6-8-16(26)9-7-14/h2-9,11-13,26H,10H2,1H3,(H,24,27). The van der Waals surface area contributed by atoms with Crippen LogP contribution in [-0.2, 0) is 11.2 Å². The van der Waals surface area contributed by atoms with Crippen molar-refractivity contribution >= 4 is 17.4 Å². The first-order valence-corrected chi connectivity index (χ1v) is 8.68. The van der Waals surface area contributed by atoms with Crippen LogP contribution in [0.1, 0.15) is 5.56 Å². The number of nitrogens with zero attached hydrogens (tertiary/aromatic N) is 3. The van der Waals surface area contributed by atoms with Crippen molar-refractivity contribution < 1.29 is 14.6 Å². The fourth-order valence-corrected chi connectivity index (χ4v) is 2.97. The molecule has 2 heterocycles. The van der Waals surface area contributed by atoms with Gasteiger partial charge in [-0.05, 0) is 30.3 Å². The van der Waals surface area contributed by atoms with E-state index in [1.165, 1.54) is 0 Å². The molecule has 0 aliphatic rings. The minimum atomic E-state index is -0.172. The van der Waals surface area contributed by atoms with Gasteiger partial charge in [-0.25, -0.2) is 4.98 Å². The largest absolute Gasteiger partial charge is 0.508 e. The molecule has 2 aromatic carbocycles. The molecule has 1 amide bonds. The van der Waals surface area contributed by atoms with Gasteiger partial charge in [-0.2, -0.15) is 0 Å². The van der Waals surface area contributed by atoms with E-state index in [1.807, 2.05) is 24.3 Å². The van der Waals surface area contributed by atoms with E-state index in [4.69, 9.17) is 4.74 Å².